The summed E-state index contributed by atoms with van der Waals surface area (Å²) in [6.45, 7) is 0. The molecule has 0 saturated heterocycles. The van der Waals surface area contributed by atoms with Crippen LogP contribution in [0.2, 0.25) is 0 Å². The van der Waals surface area contributed by atoms with Crippen LogP contribution >= 0.6 is 0 Å². The van der Waals surface area contributed by atoms with Gasteiger partial charge in [-0.1, -0.05) is 18.2 Å². The van der Waals surface area contributed by atoms with Crippen molar-refractivity contribution >= 4 is 23.2 Å². The number of hydrogen-bond donors (Lipinski definition) is 2. The van der Waals surface area contributed by atoms with Crippen LogP contribution in [0, 0.1) is 5.82 Å². The van der Waals surface area contributed by atoms with Crippen molar-refractivity contribution in [2.24, 2.45) is 0 Å². The number of anilines is 2. The van der Waals surface area contributed by atoms with Crippen LogP contribution < -0.4 is 10.6 Å². The summed E-state index contributed by atoms with van der Waals surface area (Å²) in [5.74, 6) is -0.942. The fourth-order valence-corrected chi connectivity index (χ4v) is 2.41. The first-order chi connectivity index (χ1) is 12.6. The van der Waals surface area contributed by atoms with Crippen molar-refractivity contribution in [3.63, 3.8) is 0 Å². The van der Waals surface area contributed by atoms with Gasteiger partial charge in [-0.2, -0.15) is 0 Å². The number of nitrogens with zero attached hydrogens (tertiary/aromatic N) is 1. The summed E-state index contributed by atoms with van der Waals surface area (Å²) in [4.78, 5) is 28.2. The van der Waals surface area contributed by atoms with E-state index in [1.165, 1.54) is 18.3 Å². The largest absolute Gasteiger partial charge is 0.326 e. The fraction of sp³-hybridized carbons (Fsp3) is 0.0500. The van der Waals surface area contributed by atoms with E-state index in [2.05, 4.69) is 15.6 Å². The van der Waals surface area contributed by atoms with Crippen molar-refractivity contribution in [1.82, 2.24) is 4.98 Å². The lowest BCUT2D eigenvalue weighted by Gasteiger charge is -2.09. The molecule has 0 unspecified atom stereocenters. The van der Waals surface area contributed by atoms with Crippen molar-refractivity contribution < 1.29 is 14.0 Å². The highest BCUT2D eigenvalue weighted by Crippen LogP contribution is 2.16. The summed E-state index contributed by atoms with van der Waals surface area (Å²) < 4.78 is 13.2. The molecule has 1 aromatic heterocycles. The lowest BCUT2D eigenvalue weighted by atomic mass is 10.1. The average Bonchev–Trinajstić information content (AvgIpc) is 2.62. The maximum absolute atomic E-state index is 13.2. The number of benzene rings is 2. The number of aromatic nitrogens is 1. The van der Waals surface area contributed by atoms with Gasteiger partial charge in [0, 0.05) is 23.8 Å². The third-order valence-corrected chi connectivity index (χ3v) is 3.58. The number of carbonyl (C=O) groups is 2. The molecule has 2 aromatic carbocycles. The standard InChI is InChI=1S/C20H16FN3O2/c21-16-6-1-4-14(10-16)11-19(25)23-17-7-2-8-18(12-17)24-20(26)15-5-3-9-22-13-15/h1-10,12-13H,11H2,(H,23,25)(H,24,26). The minimum atomic E-state index is -0.379. The van der Waals surface area contributed by atoms with E-state index in [9.17, 15) is 14.0 Å². The summed E-state index contributed by atoms with van der Waals surface area (Å²) in [7, 11) is 0. The van der Waals surface area contributed by atoms with Gasteiger partial charge in [0.15, 0.2) is 0 Å². The third kappa shape index (κ3) is 4.73. The van der Waals surface area contributed by atoms with Crippen LogP contribution in [0.4, 0.5) is 15.8 Å². The van der Waals surface area contributed by atoms with Crippen molar-refractivity contribution in [3.05, 3.63) is 90.0 Å². The quantitative estimate of drug-likeness (QED) is 0.738. The number of carbonyl (C=O) groups excluding carboxylic acids is 2. The second kappa shape index (κ2) is 8.02. The molecule has 3 aromatic rings. The van der Waals surface area contributed by atoms with Crippen LogP contribution in [0.3, 0.4) is 0 Å². The molecule has 1 heterocycles. The van der Waals surface area contributed by atoms with E-state index < -0.39 is 0 Å². The van der Waals surface area contributed by atoms with E-state index in [4.69, 9.17) is 0 Å². The molecule has 0 radical (unpaired) electrons. The van der Waals surface area contributed by atoms with Gasteiger partial charge in [0.05, 0.1) is 12.0 Å². The zero-order valence-electron chi connectivity index (χ0n) is 13.8. The van der Waals surface area contributed by atoms with Gasteiger partial charge >= 0.3 is 0 Å². The summed E-state index contributed by atoms with van der Waals surface area (Å²) in [6, 6.07) is 16.0. The normalized spacial score (nSPS) is 10.2. The first kappa shape index (κ1) is 17.3. The van der Waals surface area contributed by atoms with Gasteiger partial charge in [-0.15, -0.1) is 0 Å². The van der Waals surface area contributed by atoms with Crippen LogP contribution in [0.25, 0.3) is 0 Å². The minimum absolute atomic E-state index is 0.0596. The van der Waals surface area contributed by atoms with Crippen LogP contribution in [-0.4, -0.2) is 16.8 Å². The Morgan fingerprint density at radius 1 is 0.923 bits per heavy atom. The molecule has 2 N–H and O–H groups in total. The zero-order valence-corrected chi connectivity index (χ0v) is 13.8. The molecule has 3 rings (SSSR count). The molecule has 130 valence electrons. The molecule has 0 atom stereocenters. The highest BCUT2D eigenvalue weighted by molar-refractivity contribution is 6.04. The van der Waals surface area contributed by atoms with Gasteiger partial charge in [-0.05, 0) is 48.0 Å². The van der Waals surface area contributed by atoms with Crippen molar-refractivity contribution in [3.8, 4) is 0 Å². The first-order valence-electron chi connectivity index (χ1n) is 7.96. The van der Waals surface area contributed by atoms with Crippen molar-refractivity contribution in [2.75, 3.05) is 10.6 Å². The molecule has 2 amide bonds. The predicted molar refractivity (Wildman–Crippen MR) is 97.4 cm³/mol. The van der Waals surface area contributed by atoms with Gasteiger partial charge in [-0.3, -0.25) is 14.6 Å². The maximum Gasteiger partial charge on any atom is 0.257 e. The summed E-state index contributed by atoms with van der Waals surface area (Å²) in [5, 5.41) is 5.49. The SMILES string of the molecule is O=C(Cc1cccc(F)c1)Nc1cccc(NC(=O)c2cccnc2)c1. The lowest BCUT2D eigenvalue weighted by Crippen LogP contribution is -2.15. The molecule has 0 aliphatic heterocycles. The molecule has 6 heteroatoms. The Morgan fingerprint density at radius 2 is 1.69 bits per heavy atom. The molecule has 0 fully saturated rings. The second-order valence-electron chi connectivity index (χ2n) is 5.63. The molecule has 0 spiro atoms. The van der Waals surface area contributed by atoms with Crippen LogP contribution in [-0.2, 0) is 11.2 Å². The van der Waals surface area contributed by atoms with Gasteiger partial charge in [0.25, 0.3) is 5.91 Å². The Bertz CT molecular complexity index is 929. The number of amides is 2. The maximum atomic E-state index is 13.2. The first-order valence-corrected chi connectivity index (χ1v) is 7.96. The van der Waals surface area contributed by atoms with Gasteiger partial charge < -0.3 is 10.6 Å². The minimum Gasteiger partial charge on any atom is -0.326 e. The van der Waals surface area contributed by atoms with E-state index in [0.29, 0.717) is 22.5 Å². The Labute approximate surface area is 149 Å². The molecular weight excluding hydrogens is 333 g/mol. The smallest absolute Gasteiger partial charge is 0.257 e. The second-order valence-corrected chi connectivity index (χ2v) is 5.63. The van der Waals surface area contributed by atoms with Crippen molar-refractivity contribution in [2.45, 2.75) is 6.42 Å². The molecule has 0 aliphatic carbocycles. The Kier molecular flexibility index (Phi) is 5.34. The highest BCUT2D eigenvalue weighted by Gasteiger charge is 2.08. The number of pyridine rings is 1. The third-order valence-electron chi connectivity index (χ3n) is 3.58. The summed E-state index contributed by atoms with van der Waals surface area (Å²) in [6.07, 6.45) is 3.12. The van der Waals surface area contributed by atoms with E-state index in [-0.39, 0.29) is 24.1 Å². The number of halogens is 1. The average molecular weight is 349 g/mol. The molecular formula is C20H16FN3O2. The Morgan fingerprint density at radius 3 is 2.42 bits per heavy atom. The monoisotopic (exact) mass is 349 g/mol. The Balaban J connectivity index is 1.63. The van der Waals surface area contributed by atoms with E-state index in [1.54, 1.807) is 54.7 Å². The molecule has 0 bridgehead atoms. The van der Waals surface area contributed by atoms with E-state index in [1.807, 2.05) is 0 Å². The topological polar surface area (TPSA) is 71.1 Å². The van der Waals surface area contributed by atoms with Crippen LogP contribution in [0.5, 0.6) is 0 Å². The van der Waals surface area contributed by atoms with E-state index >= 15 is 0 Å². The van der Waals surface area contributed by atoms with Gasteiger partial charge in [-0.25, -0.2) is 4.39 Å². The molecule has 5 nitrogen and oxygen atoms in total. The molecule has 0 saturated carbocycles. The van der Waals surface area contributed by atoms with Gasteiger partial charge in [0.2, 0.25) is 5.91 Å². The zero-order chi connectivity index (χ0) is 18.4. The number of hydrogen-bond acceptors (Lipinski definition) is 3. The fourth-order valence-electron chi connectivity index (χ4n) is 2.41. The highest BCUT2D eigenvalue weighted by atomic mass is 19.1. The Hall–Kier alpha value is -3.54. The molecule has 26 heavy (non-hydrogen) atoms. The number of rotatable bonds is 5. The van der Waals surface area contributed by atoms with Crippen LogP contribution in [0.1, 0.15) is 15.9 Å². The lowest BCUT2D eigenvalue weighted by molar-refractivity contribution is -0.115. The van der Waals surface area contributed by atoms with Gasteiger partial charge in [0.1, 0.15) is 5.82 Å². The van der Waals surface area contributed by atoms with Crippen molar-refractivity contribution in [1.29, 1.82) is 0 Å². The molecule has 0 aliphatic rings. The number of nitrogens with one attached hydrogen (secondary N) is 2. The van der Waals surface area contributed by atoms with Crippen LogP contribution in [0.15, 0.2) is 73.1 Å². The summed E-state index contributed by atoms with van der Waals surface area (Å²) in [5.41, 5.74) is 2.11. The summed E-state index contributed by atoms with van der Waals surface area (Å²) >= 11 is 0. The predicted octanol–water partition coefficient (Wildman–Crippen LogP) is 3.65. The van der Waals surface area contributed by atoms with E-state index in [0.717, 1.165) is 0 Å².